The average molecular weight is 265 g/mol. The molecule has 0 aromatic rings. The van der Waals surface area contributed by atoms with E-state index in [0.29, 0.717) is 0 Å². The number of quaternary nitrogens is 1. The molecule has 0 aromatic heterocycles. The molecule has 0 radical (unpaired) electrons. The van der Waals surface area contributed by atoms with Crippen molar-refractivity contribution in [3.63, 3.8) is 0 Å². The van der Waals surface area contributed by atoms with Crippen LogP contribution in [0.3, 0.4) is 0 Å². The summed E-state index contributed by atoms with van der Waals surface area (Å²) in [5, 5.41) is 0. The molecule has 0 rings (SSSR count). The third kappa shape index (κ3) is 7.89. The van der Waals surface area contributed by atoms with E-state index in [1.807, 2.05) is 6.92 Å². The van der Waals surface area contributed by atoms with Crippen LogP contribution in [0.15, 0.2) is 12.2 Å². The molecule has 0 saturated carbocycles. The molecular formula is C9H16IN. The molecule has 0 aliphatic heterocycles. The Bertz CT molecular complexity index is 165. The fraction of sp³-hybridized carbons (Fsp3) is 0.556. The maximum atomic E-state index is 5.20. The monoisotopic (exact) mass is 265 g/mol. The van der Waals surface area contributed by atoms with Gasteiger partial charge in [0.25, 0.3) is 0 Å². The number of hydrogen-bond acceptors (Lipinski definition) is 0. The van der Waals surface area contributed by atoms with Gasteiger partial charge in [-0.05, 0) is 18.4 Å². The zero-order valence-corrected chi connectivity index (χ0v) is 9.68. The van der Waals surface area contributed by atoms with Crippen LogP contribution in [0.25, 0.3) is 0 Å². The van der Waals surface area contributed by atoms with Crippen LogP contribution in [-0.4, -0.2) is 31.7 Å². The minimum atomic E-state index is 0. The van der Waals surface area contributed by atoms with E-state index in [4.69, 9.17) is 6.42 Å². The van der Waals surface area contributed by atoms with Gasteiger partial charge in [-0.25, -0.2) is 0 Å². The van der Waals surface area contributed by atoms with E-state index in [2.05, 4.69) is 26.6 Å². The number of rotatable bonds is 3. The van der Waals surface area contributed by atoms with Gasteiger partial charge in [0, 0.05) is 0 Å². The van der Waals surface area contributed by atoms with Gasteiger partial charge in [-0.1, -0.05) is 6.58 Å². The van der Waals surface area contributed by atoms with Gasteiger partial charge in [0.1, 0.15) is 13.1 Å². The van der Waals surface area contributed by atoms with Gasteiger partial charge < -0.3 is 28.5 Å². The molecule has 0 bridgehead atoms. The fourth-order valence-electron chi connectivity index (χ4n) is 1.03. The van der Waals surface area contributed by atoms with Gasteiger partial charge in [0.2, 0.25) is 0 Å². The fourth-order valence-corrected chi connectivity index (χ4v) is 1.03. The zero-order chi connectivity index (χ0) is 8.20. The predicted molar refractivity (Wildman–Crippen MR) is 45.5 cm³/mol. The van der Waals surface area contributed by atoms with Crippen molar-refractivity contribution in [1.29, 1.82) is 0 Å². The van der Waals surface area contributed by atoms with Crippen LogP contribution >= 0.6 is 0 Å². The van der Waals surface area contributed by atoms with Gasteiger partial charge in [0.05, 0.1) is 14.1 Å². The summed E-state index contributed by atoms with van der Waals surface area (Å²) in [5.74, 6) is 2.64. The molecule has 64 valence electrons. The molecular weight excluding hydrogens is 249 g/mol. The third-order valence-electron chi connectivity index (χ3n) is 1.22. The van der Waals surface area contributed by atoms with Crippen LogP contribution in [0.1, 0.15) is 6.92 Å². The van der Waals surface area contributed by atoms with E-state index in [-0.39, 0.29) is 24.0 Å². The van der Waals surface area contributed by atoms with E-state index < -0.39 is 0 Å². The van der Waals surface area contributed by atoms with Crippen molar-refractivity contribution in [2.24, 2.45) is 0 Å². The van der Waals surface area contributed by atoms with Gasteiger partial charge in [-0.3, -0.25) is 0 Å². The molecule has 1 nitrogen and oxygen atoms in total. The quantitative estimate of drug-likeness (QED) is 0.246. The third-order valence-corrected chi connectivity index (χ3v) is 1.22. The summed E-state index contributed by atoms with van der Waals surface area (Å²) in [6, 6.07) is 0. The minimum Gasteiger partial charge on any atom is -1.00 e. The van der Waals surface area contributed by atoms with Crippen LogP contribution in [0.2, 0.25) is 0 Å². The van der Waals surface area contributed by atoms with Crippen LogP contribution in [0.5, 0.6) is 0 Å². The second-order valence-electron chi connectivity index (χ2n) is 3.41. The van der Waals surface area contributed by atoms with Crippen molar-refractivity contribution in [1.82, 2.24) is 0 Å². The van der Waals surface area contributed by atoms with E-state index in [1.54, 1.807) is 0 Å². The highest BCUT2D eigenvalue weighted by atomic mass is 127. The molecule has 0 spiro atoms. The molecule has 11 heavy (non-hydrogen) atoms. The second-order valence-corrected chi connectivity index (χ2v) is 3.41. The Labute approximate surface area is 87.1 Å². The summed E-state index contributed by atoms with van der Waals surface area (Å²) in [6.45, 7) is 7.60. The molecule has 0 amide bonds. The minimum absolute atomic E-state index is 0. The maximum Gasteiger partial charge on any atom is 0.140 e. The smallest absolute Gasteiger partial charge is 0.140 e. The van der Waals surface area contributed by atoms with Crippen molar-refractivity contribution in [2.75, 3.05) is 27.2 Å². The Morgan fingerprint density at radius 1 is 1.55 bits per heavy atom. The summed E-state index contributed by atoms with van der Waals surface area (Å²) >= 11 is 0. The number of nitrogens with zero attached hydrogens (tertiary/aromatic N) is 1. The number of hydrogen-bond donors (Lipinski definition) is 0. The molecule has 0 aliphatic rings. The first-order chi connectivity index (χ1) is 4.48. The SMILES string of the molecule is C#CC[N+](C)(C)CC(=C)C.[I-]. The lowest BCUT2D eigenvalue weighted by atomic mass is 10.3. The molecule has 2 heteroatoms. The Balaban J connectivity index is 0. The molecule has 0 aromatic carbocycles. The number of terminal acetylenes is 1. The average Bonchev–Trinajstić information content (AvgIpc) is 1.59. The Morgan fingerprint density at radius 3 is 2.27 bits per heavy atom. The highest BCUT2D eigenvalue weighted by Crippen LogP contribution is 2.00. The second kappa shape index (κ2) is 5.62. The first-order valence-corrected chi connectivity index (χ1v) is 3.38. The molecule has 0 fully saturated rings. The number of halogens is 1. The van der Waals surface area contributed by atoms with Crippen LogP contribution in [0.4, 0.5) is 0 Å². The molecule has 0 aliphatic carbocycles. The molecule has 0 saturated heterocycles. The summed E-state index contributed by atoms with van der Waals surface area (Å²) < 4.78 is 0.839. The summed E-state index contributed by atoms with van der Waals surface area (Å²) in [6.07, 6.45) is 5.20. The predicted octanol–water partition coefficient (Wildman–Crippen LogP) is -1.72. The van der Waals surface area contributed by atoms with Crippen LogP contribution in [0, 0.1) is 12.3 Å². The maximum absolute atomic E-state index is 5.20. The van der Waals surface area contributed by atoms with E-state index in [9.17, 15) is 0 Å². The highest BCUT2D eigenvalue weighted by Gasteiger charge is 2.11. The highest BCUT2D eigenvalue weighted by molar-refractivity contribution is 4.90. The lowest BCUT2D eigenvalue weighted by Crippen LogP contribution is -3.00. The van der Waals surface area contributed by atoms with Crippen molar-refractivity contribution in [2.45, 2.75) is 6.92 Å². The summed E-state index contributed by atoms with van der Waals surface area (Å²) in [7, 11) is 4.21. The number of likely N-dealkylation sites (N-methyl/N-ethyl adjacent to an activating group) is 1. The first-order valence-electron chi connectivity index (χ1n) is 3.38. The molecule has 0 unspecified atom stereocenters. The molecule has 0 atom stereocenters. The Kier molecular flexibility index (Phi) is 6.93. The molecule has 0 heterocycles. The summed E-state index contributed by atoms with van der Waals surface area (Å²) in [5.41, 5.74) is 1.18. The van der Waals surface area contributed by atoms with Crippen molar-refractivity contribution < 1.29 is 28.5 Å². The van der Waals surface area contributed by atoms with Crippen molar-refractivity contribution in [3.8, 4) is 12.3 Å². The van der Waals surface area contributed by atoms with Gasteiger partial charge in [0.15, 0.2) is 0 Å². The van der Waals surface area contributed by atoms with E-state index in [0.717, 1.165) is 17.6 Å². The largest absolute Gasteiger partial charge is 1.00 e. The zero-order valence-electron chi connectivity index (χ0n) is 7.52. The van der Waals surface area contributed by atoms with Crippen LogP contribution < -0.4 is 24.0 Å². The summed E-state index contributed by atoms with van der Waals surface area (Å²) in [4.78, 5) is 0. The Hall–Kier alpha value is -0.0100. The van der Waals surface area contributed by atoms with Gasteiger partial charge in [-0.15, -0.1) is 6.42 Å². The van der Waals surface area contributed by atoms with Gasteiger partial charge in [-0.2, -0.15) is 0 Å². The standard InChI is InChI=1S/C9H16N.HI/c1-6-7-10(4,5)8-9(2)3;/h1H,2,7-8H2,3-5H3;1H/q+1;/p-1. The van der Waals surface area contributed by atoms with Gasteiger partial charge >= 0.3 is 0 Å². The van der Waals surface area contributed by atoms with E-state index >= 15 is 0 Å². The normalized spacial score (nSPS) is 9.64. The Morgan fingerprint density at radius 2 is 2.00 bits per heavy atom. The van der Waals surface area contributed by atoms with E-state index in [1.165, 1.54) is 5.57 Å². The topological polar surface area (TPSA) is 0 Å². The van der Waals surface area contributed by atoms with Crippen molar-refractivity contribution >= 4 is 0 Å². The first kappa shape index (κ1) is 13.6. The molecule has 0 N–H and O–H groups in total. The lowest BCUT2D eigenvalue weighted by Gasteiger charge is -2.27. The van der Waals surface area contributed by atoms with Crippen LogP contribution in [-0.2, 0) is 0 Å². The van der Waals surface area contributed by atoms with Crippen molar-refractivity contribution in [3.05, 3.63) is 12.2 Å². The lowest BCUT2D eigenvalue weighted by molar-refractivity contribution is -0.878.